The number of fused-ring (bicyclic) bond motifs is 1. The number of hydrogen-bond donors (Lipinski definition) is 1. The largest absolute Gasteiger partial charge is 0.379 e. The Morgan fingerprint density at radius 2 is 2.15 bits per heavy atom. The fourth-order valence-electron chi connectivity index (χ4n) is 2.85. The molecule has 140 valence electrons. The van der Waals surface area contributed by atoms with Gasteiger partial charge >= 0.3 is 5.69 Å². The number of morpholine rings is 1. The van der Waals surface area contributed by atoms with Gasteiger partial charge in [-0.25, -0.2) is 15.0 Å². The van der Waals surface area contributed by atoms with Gasteiger partial charge in [0.2, 0.25) is 11.0 Å². The summed E-state index contributed by atoms with van der Waals surface area (Å²) in [6, 6.07) is 6.09. The van der Waals surface area contributed by atoms with E-state index >= 15 is 0 Å². The van der Waals surface area contributed by atoms with E-state index in [2.05, 4.69) is 31.2 Å². The minimum Gasteiger partial charge on any atom is -0.379 e. The first-order valence-corrected chi connectivity index (χ1v) is 9.41. The minimum atomic E-state index is -0.613. The summed E-state index contributed by atoms with van der Waals surface area (Å²) in [5.74, 6) is 0.0209. The Balaban J connectivity index is 1.57. The second-order valence-electron chi connectivity index (χ2n) is 5.95. The molecule has 0 bridgehead atoms. The predicted molar refractivity (Wildman–Crippen MR) is 103 cm³/mol. The number of thiazole rings is 1. The lowest BCUT2D eigenvalue weighted by atomic mass is 10.2. The molecule has 1 aliphatic heterocycles. The van der Waals surface area contributed by atoms with Crippen LogP contribution < -0.4 is 5.32 Å². The van der Waals surface area contributed by atoms with E-state index in [9.17, 15) is 10.1 Å². The second-order valence-corrected chi connectivity index (χ2v) is 7.34. The van der Waals surface area contributed by atoms with Crippen LogP contribution >= 0.6 is 22.9 Å². The van der Waals surface area contributed by atoms with Gasteiger partial charge in [0.05, 0.1) is 28.4 Å². The van der Waals surface area contributed by atoms with Crippen molar-refractivity contribution in [3.8, 4) is 0 Å². The minimum absolute atomic E-state index is 0.0209. The molecule has 2 aromatic heterocycles. The van der Waals surface area contributed by atoms with Crippen molar-refractivity contribution in [1.29, 1.82) is 0 Å². The first-order chi connectivity index (χ1) is 13.1. The number of ether oxygens (including phenoxy) is 1. The number of nitrogens with zero attached hydrogens (tertiary/aromatic N) is 5. The SMILES string of the molecule is O=[N+]([O-])c1c(Cl)ncnc1Nc1nc2ccc(CN3CCOCC3)cc2s1. The number of nitrogens with one attached hydrogen (secondary N) is 1. The maximum Gasteiger partial charge on any atom is 0.348 e. The van der Waals surface area contributed by atoms with Gasteiger partial charge in [0, 0.05) is 19.6 Å². The maximum atomic E-state index is 11.2. The van der Waals surface area contributed by atoms with Crippen molar-refractivity contribution in [2.45, 2.75) is 6.54 Å². The third kappa shape index (κ3) is 3.98. The fraction of sp³-hybridized carbons (Fsp3) is 0.312. The Bertz CT molecular complexity index is 991. The zero-order chi connectivity index (χ0) is 18.8. The summed E-state index contributed by atoms with van der Waals surface area (Å²) < 4.78 is 6.37. The molecule has 3 aromatic rings. The molecule has 0 saturated carbocycles. The van der Waals surface area contributed by atoms with E-state index in [1.807, 2.05) is 12.1 Å². The number of hydrogen-bond acceptors (Lipinski definition) is 9. The van der Waals surface area contributed by atoms with Crippen molar-refractivity contribution in [2.24, 2.45) is 0 Å². The Morgan fingerprint density at radius 3 is 2.93 bits per heavy atom. The molecule has 27 heavy (non-hydrogen) atoms. The quantitative estimate of drug-likeness (QED) is 0.391. The van der Waals surface area contributed by atoms with Crippen molar-refractivity contribution in [3.63, 3.8) is 0 Å². The van der Waals surface area contributed by atoms with E-state index in [1.165, 1.54) is 23.2 Å². The Labute approximate surface area is 163 Å². The molecule has 1 fully saturated rings. The van der Waals surface area contributed by atoms with Crippen LogP contribution in [0.1, 0.15) is 5.56 Å². The van der Waals surface area contributed by atoms with Crippen molar-refractivity contribution in [3.05, 3.63) is 45.4 Å². The van der Waals surface area contributed by atoms with Crippen LogP contribution in [0.2, 0.25) is 5.15 Å². The van der Waals surface area contributed by atoms with E-state index in [-0.39, 0.29) is 16.7 Å². The van der Waals surface area contributed by atoms with Gasteiger partial charge < -0.3 is 10.1 Å². The van der Waals surface area contributed by atoms with Gasteiger partial charge in [0.15, 0.2) is 5.13 Å². The Morgan fingerprint density at radius 1 is 1.33 bits per heavy atom. The van der Waals surface area contributed by atoms with Gasteiger partial charge in [-0.1, -0.05) is 29.0 Å². The summed E-state index contributed by atoms with van der Waals surface area (Å²) in [5.41, 5.74) is 1.64. The second kappa shape index (κ2) is 7.69. The molecule has 11 heteroatoms. The lowest BCUT2D eigenvalue weighted by Crippen LogP contribution is -2.35. The third-order valence-electron chi connectivity index (χ3n) is 4.15. The van der Waals surface area contributed by atoms with Crippen LogP contribution in [-0.2, 0) is 11.3 Å². The molecule has 0 unspecified atom stereocenters. The normalized spacial score (nSPS) is 15.1. The lowest BCUT2D eigenvalue weighted by molar-refractivity contribution is -0.384. The summed E-state index contributed by atoms with van der Waals surface area (Å²) in [4.78, 5) is 25.0. The topological polar surface area (TPSA) is 106 Å². The highest BCUT2D eigenvalue weighted by Gasteiger charge is 2.22. The number of anilines is 2. The van der Waals surface area contributed by atoms with Crippen LogP contribution in [0.15, 0.2) is 24.5 Å². The molecule has 1 aliphatic rings. The van der Waals surface area contributed by atoms with Crippen LogP contribution in [0.5, 0.6) is 0 Å². The van der Waals surface area contributed by atoms with E-state index in [0.717, 1.165) is 43.1 Å². The zero-order valence-corrected chi connectivity index (χ0v) is 15.7. The smallest absolute Gasteiger partial charge is 0.348 e. The lowest BCUT2D eigenvalue weighted by Gasteiger charge is -2.26. The molecule has 4 rings (SSSR count). The molecule has 3 heterocycles. The summed E-state index contributed by atoms with van der Waals surface area (Å²) in [6.45, 7) is 4.22. The van der Waals surface area contributed by atoms with E-state index in [0.29, 0.717) is 5.13 Å². The van der Waals surface area contributed by atoms with Crippen LogP contribution in [0, 0.1) is 10.1 Å². The molecule has 1 N–H and O–H groups in total. The highest BCUT2D eigenvalue weighted by molar-refractivity contribution is 7.22. The molecule has 0 spiro atoms. The number of benzene rings is 1. The molecular weight excluding hydrogens is 392 g/mol. The van der Waals surface area contributed by atoms with E-state index < -0.39 is 4.92 Å². The van der Waals surface area contributed by atoms with Crippen molar-refractivity contribution in [1.82, 2.24) is 19.9 Å². The Kier molecular flexibility index (Phi) is 5.12. The van der Waals surface area contributed by atoms with Gasteiger partial charge in [0.25, 0.3) is 0 Å². The maximum absolute atomic E-state index is 11.2. The number of nitro groups is 1. The third-order valence-corrected chi connectivity index (χ3v) is 5.36. The Hall–Kier alpha value is -2.40. The average molecular weight is 407 g/mol. The summed E-state index contributed by atoms with van der Waals surface area (Å²) in [7, 11) is 0. The molecule has 0 amide bonds. The standard InChI is InChI=1S/C16H15ClN6O3S/c17-14-13(23(24)25)15(19-9-18-14)21-16-20-11-2-1-10(7-12(11)27-16)8-22-3-5-26-6-4-22/h1-2,7,9H,3-6,8H2,(H,18,19,20,21). The molecular formula is C16H15ClN6O3S. The summed E-state index contributed by atoms with van der Waals surface area (Å²) >= 11 is 7.22. The van der Waals surface area contributed by atoms with Crippen LogP contribution in [0.25, 0.3) is 10.2 Å². The van der Waals surface area contributed by atoms with Crippen molar-refractivity contribution < 1.29 is 9.66 Å². The highest BCUT2D eigenvalue weighted by Crippen LogP contribution is 2.34. The highest BCUT2D eigenvalue weighted by atomic mass is 35.5. The van der Waals surface area contributed by atoms with Crippen LogP contribution in [0.4, 0.5) is 16.6 Å². The van der Waals surface area contributed by atoms with E-state index in [4.69, 9.17) is 16.3 Å². The first-order valence-electron chi connectivity index (χ1n) is 8.21. The molecule has 1 aromatic carbocycles. The number of halogens is 1. The molecule has 1 saturated heterocycles. The van der Waals surface area contributed by atoms with Crippen molar-refractivity contribution in [2.75, 3.05) is 31.6 Å². The first kappa shape index (κ1) is 18.0. The van der Waals surface area contributed by atoms with Crippen LogP contribution in [-0.4, -0.2) is 51.1 Å². The summed E-state index contributed by atoms with van der Waals surface area (Å²) in [5, 5.41) is 14.4. The molecule has 9 nitrogen and oxygen atoms in total. The summed E-state index contributed by atoms with van der Waals surface area (Å²) in [6.07, 6.45) is 1.17. The van der Waals surface area contributed by atoms with E-state index in [1.54, 1.807) is 0 Å². The van der Waals surface area contributed by atoms with Crippen LogP contribution in [0.3, 0.4) is 0 Å². The number of rotatable bonds is 5. The van der Waals surface area contributed by atoms with Gasteiger partial charge in [-0.15, -0.1) is 0 Å². The molecule has 0 atom stereocenters. The predicted octanol–water partition coefficient (Wildman–Crippen LogP) is 3.22. The molecule has 0 aliphatic carbocycles. The molecule has 0 radical (unpaired) electrons. The van der Waals surface area contributed by atoms with Gasteiger partial charge in [-0.05, 0) is 17.7 Å². The number of aromatic nitrogens is 3. The van der Waals surface area contributed by atoms with Gasteiger partial charge in [0.1, 0.15) is 6.33 Å². The zero-order valence-electron chi connectivity index (χ0n) is 14.1. The van der Waals surface area contributed by atoms with Crippen molar-refractivity contribution >= 4 is 49.8 Å². The average Bonchev–Trinajstić information content (AvgIpc) is 3.04. The monoisotopic (exact) mass is 406 g/mol. The van der Waals surface area contributed by atoms with Gasteiger partial charge in [-0.3, -0.25) is 15.0 Å². The fourth-order valence-corrected chi connectivity index (χ4v) is 3.98. The van der Waals surface area contributed by atoms with Gasteiger partial charge in [-0.2, -0.15) is 0 Å².